The maximum Gasteiger partial charge on any atom is 0.161 e. The normalized spacial score (nSPS) is 22.1. The third-order valence-corrected chi connectivity index (χ3v) is 3.91. The Morgan fingerprint density at radius 3 is 3.00 bits per heavy atom. The van der Waals surface area contributed by atoms with Gasteiger partial charge in [0.25, 0.3) is 0 Å². The van der Waals surface area contributed by atoms with E-state index in [1.807, 2.05) is 6.07 Å². The highest BCUT2D eigenvalue weighted by atomic mass is 16.5. The first-order valence-corrected chi connectivity index (χ1v) is 6.36. The monoisotopic (exact) mass is 244 g/mol. The molecule has 1 saturated carbocycles. The lowest BCUT2D eigenvalue weighted by Crippen LogP contribution is -2.43. The highest BCUT2D eigenvalue weighted by molar-refractivity contribution is 5.39. The zero-order valence-corrected chi connectivity index (χ0v) is 10.3. The maximum absolute atomic E-state index is 8.88. The molecule has 0 aromatic carbocycles. The third-order valence-electron chi connectivity index (χ3n) is 3.91. The number of hydrogen-bond donors (Lipinski definition) is 0. The number of nitriles is 1. The van der Waals surface area contributed by atoms with Crippen molar-refractivity contribution in [2.24, 2.45) is 5.41 Å². The van der Waals surface area contributed by atoms with Crippen LogP contribution in [0.1, 0.15) is 25.0 Å². The lowest BCUT2D eigenvalue weighted by atomic mass is 9.69. The Bertz CT molecular complexity index is 478. The molecule has 3 rings (SSSR count). The molecule has 2 fully saturated rings. The van der Waals surface area contributed by atoms with Gasteiger partial charge in [0.15, 0.2) is 5.69 Å². The molecule has 0 radical (unpaired) electrons. The fraction of sp³-hybridized carbons (Fsp3) is 0.615. The summed E-state index contributed by atoms with van der Waals surface area (Å²) in [6.07, 6.45) is 6.99. The molecule has 1 aromatic heterocycles. The zero-order valence-electron chi connectivity index (χ0n) is 10.3. The minimum Gasteiger partial charge on any atom is -0.379 e. The van der Waals surface area contributed by atoms with Gasteiger partial charge in [-0.2, -0.15) is 5.26 Å². The predicted molar refractivity (Wildman–Crippen MR) is 66.1 cm³/mol. The van der Waals surface area contributed by atoms with Crippen molar-refractivity contribution in [3.63, 3.8) is 0 Å². The summed E-state index contributed by atoms with van der Waals surface area (Å²) >= 11 is 0. The van der Waals surface area contributed by atoms with Gasteiger partial charge in [0.2, 0.25) is 0 Å². The molecule has 18 heavy (non-hydrogen) atoms. The van der Waals surface area contributed by atoms with Gasteiger partial charge in [0.05, 0.1) is 25.6 Å². The van der Waals surface area contributed by atoms with Gasteiger partial charge in [0.1, 0.15) is 11.9 Å². The predicted octanol–water partition coefficient (Wildman–Crippen LogP) is 1.36. The summed E-state index contributed by atoms with van der Waals surface area (Å²) in [6, 6.07) is 2.04. The van der Waals surface area contributed by atoms with Gasteiger partial charge in [-0.25, -0.2) is 4.98 Å². The highest BCUT2D eigenvalue weighted by Gasteiger charge is 2.40. The topological polar surface area (TPSA) is 62.0 Å². The van der Waals surface area contributed by atoms with E-state index in [-0.39, 0.29) is 0 Å². The molecular formula is C13H16N4O. The van der Waals surface area contributed by atoms with Crippen molar-refractivity contribution in [3.8, 4) is 6.07 Å². The molecule has 1 aromatic rings. The van der Waals surface area contributed by atoms with Crippen LogP contribution in [0.2, 0.25) is 0 Å². The Kier molecular flexibility index (Phi) is 2.88. The van der Waals surface area contributed by atoms with Gasteiger partial charge in [-0.1, -0.05) is 6.42 Å². The number of rotatable bonds is 1. The van der Waals surface area contributed by atoms with Crippen LogP contribution in [0.25, 0.3) is 0 Å². The molecule has 0 atom stereocenters. The van der Waals surface area contributed by atoms with E-state index in [9.17, 15) is 0 Å². The van der Waals surface area contributed by atoms with Crippen LogP contribution in [0.5, 0.6) is 0 Å². The molecule has 5 heteroatoms. The summed E-state index contributed by atoms with van der Waals surface area (Å²) < 4.78 is 5.71. The van der Waals surface area contributed by atoms with Crippen molar-refractivity contribution in [2.45, 2.75) is 19.3 Å². The number of hydrogen-bond acceptors (Lipinski definition) is 5. The molecule has 2 heterocycles. The average molecular weight is 244 g/mol. The molecule has 0 bridgehead atoms. The molecule has 0 N–H and O–H groups in total. The van der Waals surface area contributed by atoms with E-state index in [2.05, 4.69) is 14.9 Å². The van der Waals surface area contributed by atoms with Gasteiger partial charge >= 0.3 is 0 Å². The summed E-state index contributed by atoms with van der Waals surface area (Å²) in [6.45, 7) is 3.37. The van der Waals surface area contributed by atoms with Crippen LogP contribution >= 0.6 is 0 Å². The van der Waals surface area contributed by atoms with Crippen LogP contribution in [0.15, 0.2) is 12.4 Å². The summed E-state index contributed by atoms with van der Waals surface area (Å²) in [5, 5.41) is 8.88. The molecule has 94 valence electrons. The smallest absolute Gasteiger partial charge is 0.161 e. The second-order valence-electron chi connectivity index (χ2n) is 5.20. The fourth-order valence-corrected chi connectivity index (χ4v) is 2.73. The van der Waals surface area contributed by atoms with E-state index in [0.717, 1.165) is 32.1 Å². The van der Waals surface area contributed by atoms with Crippen molar-refractivity contribution >= 4 is 5.82 Å². The van der Waals surface area contributed by atoms with Crippen molar-refractivity contribution in [2.75, 3.05) is 31.2 Å². The Morgan fingerprint density at radius 1 is 1.39 bits per heavy atom. The van der Waals surface area contributed by atoms with Crippen molar-refractivity contribution in [1.82, 2.24) is 9.97 Å². The Labute approximate surface area is 106 Å². The number of nitrogens with zero attached hydrogens (tertiary/aromatic N) is 4. The largest absolute Gasteiger partial charge is 0.379 e. The summed E-state index contributed by atoms with van der Waals surface area (Å²) in [5.74, 6) is 0.797. The Morgan fingerprint density at radius 2 is 2.28 bits per heavy atom. The second-order valence-corrected chi connectivity index (χ2v) is 5.20. The molecule has 1 spiro atoms. The van der Waals surface area contributed by atoms with E-state index >= 15 is 0 Å². The minimum atomic E-state index is 0.306. The summed E-state index contributed by atoms with van der Waals surface area (Å²) in [7, 11) is 0. The molecule has 2 aliphatic rings. The summed E-state index contributed by atoms with van der Waals surface area (Å²) in [4.78, 5) is 10.6. The van der Waals surface area contributed by atoms with E-state index < -0.39 is 0 Å². The second kappa shape index (κ2) is 4.54. The van der Waals surface area contributed by atoms with Crippen LogP contribution < -0.4 is 4.90 Å². The van der Waals surface area contributed by atoms with Gasteiger partial charge in [-0.05, 0) is 12.8 Å². The zero-order chi connectivity index (χ0) is 12.4. The molecule has 1 aliphatic heterocycles. The van der Waals surface area contributed by atoms with Crippen LogP contribution in [-0.4, -0.2) is 36.3 Å². The lowest BCUT2D eigenvalue weighted by molar-refractivity contribution is 0.0187. The van der Waals surface area contributed by atoms with E-state index in [4.69, 9.17) is 10.00 Å². The Hall–Kier alpha value is -1.67. The van der Waals surface area contributed by atoms with E-state index in [0.29, 0.717) is 11.1 Å². The maximum atomic E-state index is 8.88. The van der Waals surface area contributed by atoms with Crippen LogP contribution in [-0.2, 0) is 4.74 Å². The van der Waals surface area contributed by atoms with Crippen LogP contribution in [0.3, 0.4) is 0 Å². The third kappa shape index (κ3) is 2.04. The highest BCUT2D eigenvalue weighted by Crippen LogP contribution is 2.43. The van der Waals surface area contributed by atoms with Crippen molar-refractivity contribution in [3.05, 3.63) is 18.1 Å². The van der Waals surface area contributed by atoms with Gasteiger partial charge < -0.3 is 9.64 Å². The fourth-order valence-electron chi connectivity index (χ4n) is 2.73. The van der Waals surface area contributed by atoms with E-state index in [1.165, 1.54) is 25.5 Å². The average Bonchev–Trinajstić information content (AvgIpc) is 2.61. The molecule has 1 aliphatic carbocycles. The quantitative estimate of drug-likeness (QED) is 0.746. The van der Waals surface area contributed by atoms with Gasteiger partial charge in [-0.15, -0.1) is 0 Å². The first kappa shape index (κ1) is 11.4. The molecule has 5 nitrogen and oxygen atoms in total. The van der Waals surface area contributed by atoms with Crippen LogP contribution in [0.4, 0.5) is 5.82 Å². The lowest BCUT2D eigenvalue weighted by Gasteiger charge is -2.42. The molecule has 0 unspecified atom stereocenters. The van der Waals surface area contributed by atoms with Crippen molar-refractivity contribution < 1.29 is 4.74 Å². The number of ether oxygens (including phenoxy) is 1. The SMILES string of the molecule is N#Cc1cncc(N2CCOCC3(CCC3)C2)n1. The first-order valence-electron chi connectivity index (χ1n) is 6.36. The standard InChI is InChI=1S/C13H16N4O/c14-6-11-7-15-8-12(16-11)17-4-5-18-10-13(9-17)2-1-3-13/h7-8H,1-5,9-10H2. The van der Waals surface area contributed by atoms with E-state index in [1.54, 1.807) is 6.20 Å². The first-order chi connectivity index (χ1) is 8.81. The molecular weight excluding hydrogens is 228 g/mol. The molecule has 0 amide bonds. The minimum absolute atomic E-state index is 0.306. The van der Waals surface area contributed by atoms with Crippen LogP contribution in [0, 0.1) is 16.7 Å². The molecule has 1 saturated heterocycles. The number of anilines is 1. The Balaban J connectivity index is 1.83. The number of aromatic nitrogens is 2. The van der Waals surface area contributed by atoms with Gasteiger partial charge in [-0.3, -0.25) is 4.98 Å². The van der Waals surface area contributed by atoms with Crippen molar-refractivity contribution in [1.29, 1.82) is 5.26 Å². The van der Waals surface area contributed by atoms with Gasteiger partial charge in [0, 0.05) is 18.5 Å². The summed E-state index contributed by atoms with van der Waals surface area (Å²) in [5.41, 5.74) is 0.682.